The van der Waals surface area contributed by atoms with Crippen LogP contribution in [0.5, 0.6) is 0 Å². The van der Waals surface area contributed by atoms with Crippen LogP contribution in [0, 0.1) is 0 Å². The molecule has 94 valence electrons. The van der Waals surface area contributed by atoms with E-state index >= 15 is 0 Å². The summed E-state index contributed by atoms with van der Waals surface area (Å²) >= 11 is 6.24. The van der Waals surface area contributed by atoms with Crippen molar-refractivity contribution in [2.45, 2.75) is 17.8 Å². The van der Waals surface area contributed by atoms with Crippen LogP contribution in [0.2, 0.25) is 0 Å². The zero-order valence-corrected chi connectivity index (χ0v) is 12.1. The standard InChI is InChI=1S/C15H11NOS2/c1-2-16-11-7-10-9-5-3-4-6-12(9)17-13(10)8-14(11)19-15(16)18/h3-8H,2H2,1H3/p+1. The summed E-state index contributed by atoms with van der Waals surface area (Å²) in [6.07, 6.45) is 0. The molecule has 0 aliphatic rings. The highest BCUT2D eigenvalue weighted by atomic mass is 32.2. The fraction of sp³-hybridized carbons (Fsp3) is 0.133. The number of fused-ring (bicyclic) bond motifs is 4. The van der Waals surface area contributed by atoms with Crippen molar-refractivity contribution in [1.82, 2.24) is 0 Å². The molecule has 4 rings (SSSR count). The molecule has 0 radical (unpaired) electrons. The zero-order valence-electron chi connectivity index (χ0n) is 10.4. The van der Waals surface area contributed by atoms with Crippen LogP contribution in [0.4, 0.5) is 0 Å². The van der Waals surface area contributed by atoms with E-state index in [9.17, 15) is 0 Å². The van der Waals surface area contributed by atoms with Gasteiger partial charge in [-0.05, 0) is 13.0 Å². The van der Waals surface area contributed by atoms with E-state index in [1.165, 1.54) is 21.0 Å². The lowest BCUT2D eigenvalue weighted by molar-refractivity contribution is -0.698. The van der Waals surface area contributed by atoms with Gasteiger partial charge >= 0.3 is 0 Å². The lowest BCUT2D eigenvalue weighted by Crippen LogP contribution is -2.31. The Morgan fingerprint density at radius 3 is 2.84 bits per heavy atom. The predicted octanol–water partition coefficient (Wildman–Crippen LogP) is 4.40. The Morgan fingerprint density at radius 2 is 2.00 bits per heavy atom. The summed E-state index contributed by atoms with van der Waals surface area (Å²) < 4.78 is 10.4. The first kappa shape index (κ1) is 11.3. The Hall–Kier alpha value is -1.52. The molecule has 4 aromatic rings. The van der Waals surface area contributed by atoms with Crippen LogP contribution in [0.15, 0.2) is 45.2 Å². The van der Waals surface area contributed by atoms with Crippen molar-refractivity contribution < 1.29 is 8.98 Å². The highest BCUT2D eigenvalue weighted by Crippen LogP contribution is 2.33. The molecule has 2 aromatic carbocycles. The van der Waals surface area contributed by atoms with E-state index in [1.807, 2.05) is 18.2 Å². The van der Waals surface area contributed by atoms with Crippen LogP contribution in [-0.2, 0) is 6.54 Å². The molecule has 0 spiro atoms. The number of rotatable bonds is 1. The van der Waals surface area contributed by atoms with Gasteiger partial charge in [0.15, 0.2) is 0 Å². The first-order valence-corrected chi connectivity index (χ1v) is 7.51. The Bertz CT molecular complexity index is 920. The van der Waals surface area contributed by atoms with E-state index < -0.39 is 0 Å². The van der Waals surface area contributed by atoms with Gasteiger partial charge in [0.1, 0.15) is 22.4 Å². The summed E-state index contributed by atoms with van der Waals surface area (Å²) in [5, 5.41) is 2.35. The number of para-hydroxylation sites is 1. The van der Waals surface area contributed by atoms with Gasteiger partial charge in [-0.2, -0.15) is 4.57 Å². The summed E-state index contributed by atoms with van der Waals surface area (Å²) in [7, 11) is 0. The summed E-state index contributed by atoms with van der Waals surface area (Å²) in [5.41, 5.74) is 3.13. The molecule has 2 nitrogen and oxygen atoms in total. The highest BCUT2D eigenvalue weighted by Gasteiger charge is 2.19. The van der Waals surface area contributed by atoms with E-state index in [2.05, 4.69) is 42.3 Å². The van der Waals surface area contributed by atoms with Crippen molar-refractivity contribution >= 4 is 56.1 Å². The predicted molar refractivity (Wildman–Crippen MR) is 82.2 cm³/mol. The molecule has 0 aliphatic heterocycles. The average Bonchev–Trinajstić information content (AvgIpc) is 2.92. The van der Waals surface area contributed by atoms with Crippen LogP contribution in [0.3, 0.4) is 0 Å². The van der Waals surface area contributed by atoms with Crippen LogP contribution in [-0.4, -0.2) is 0 Å². The molecule has 0 aliphatic carbocycles. The van der Waals surface area contributed by atoms with Crippen LogP contribution in [0.1, 0.15) is 6.92 Å². The Morgan fingerprint density at radius 1 is 1.16 bits per heavy atom. The van der Waals surface area contributed by atoms with Gasteiger partial charge in [-0.25, -0.2) is 0 Å². The van der Waals surface area contributed by atoms with Crippen LogP contribution in [0.25, 0.3) is 32.2 Å². The number of nitrogens with zero attached hydrogens (tertiary/aromatic N) is 1. The monoisotopic (exact) mass is 286 g/mol. The summed E-state index contributed by atoms with van der Waals surface area (Å²) in [5.74, 6) is 0. The molecule has 0 saturated carbocycles. The van der Waals surface area contributed by atoms with Gasteiger partial charge in [-0.15, -0.1) is 0 Å². The minimum Gasteiger partial charge on any atom is -0.456 e. The lowest BCUT2D eigenvalue weighted by atomic mass is 10.1. The zero-order chi connectivity index (χ0) is 13.0. The third-order valence-corrected chi connectivity index (χ3v) is 4.96. The second kappa shape index (κ2) is 3.99. The SMILES string of the molecule is CC[n+]1c(S)sc2cc3oc4ccccc4c3cc21. The normalized spacial score (nSPS) is 11.9. The maximum absolute atomic E-state index is 5.92. The molecule has 2 heterocycles. The molecule has 0 bridgehead atoms. The summed E-state index contributed by atoms with van der Waals surface area (Å²) in [6.45, 7) is 3.07. The second-order valence-corrected chi connectivity index (χ2v) is 6.30. The molecule has 19 heavy (non-hydrogen) atoms. The molecule has 0 fully saturated rings. The number of aromatic nitrogens is 1. The van der Waals surface area contributed by atoms with Gasteiger partial charge in [-0.3, -0.25) is 0 Å². The van der Waals surface area contributed by atoms with Crippen molar-refractivity contribution in [2.75, 3.05) is 0 Å². The van der Waals surface area contributed by atoms with Crippen molar-refractivity contribution in [3.63, 3.8) is 0 Å². The Labute approximate surface area is 119 Å². The van der Waals surface area contributed by atoms with Gasteiger partial charge in [0.05, 0.1) is 0 Å². The van der Waals surface area contributed by atoms with Gasteiger partial charge in [-0.1, -0.05) is 42.2 Å². The molecular formula is C15H12NOS2+. The minimum absolute atomic E-state index is 0.931. The van der Waals surface area contributed by atoms with Gasteiger partial charge in [0.25, 0.3) is 4.34 Å². The minimum atomic E-state index is 0.931. The third-order valence-electron chi connectivity index (χ3n) is 3.50. The molecule has 0 saturated heterocycles. The first-order chi connectivity index (χ1) is 9.28. The van der Waals surface area contributed by atoms with Crippen molar-refractivity contribution in [1.29, 1.82) is 0 Å². The summed E-state index contributed by atoms with van der Waals surface area (Å²) in [6, 6.07) is 12.5. The number of furan rings is 1. The first-order valence-electron chi connectivity index (χ1n) is 6.24. The van der Waals surface area contributed by atoms with E-state index in [-0.39, 0.29) is 0 Å². The maximum Gasteiger partial charge on any atom is 0.295 e. The third kappa shape index (κ3) is 1.53. The largest absolute Gasteiger partial charge is 0.456 e. The Kier molecular flexibility index (Phi) is 2.37. The van der Waals surface area contributed by atoms with Gasteiger partial charge in [0, 0.05) is 22.9 Å². The highest BCUT2D eigenvalue weighted by molar-refractivity contribution is 7.82. The number of thiol groups is 1. The van der Waals surface area contributed by atoms with Crippen LogP contribution < -0.4 is 4.57 Å². The fourth-order valence-electron chi connectivity index (χ4n) is 2.60. The number of aryl methyl sites for hydroxylation is 1. The van der Waals surface area contributed by atoms with Crippen LogP contribution >= 0.6 is 24.0 Å². The quantitative estimate of drug-likeness (QED) is 0.405. The number of hydrogen-bond acceptors (Lipinski definition) is 3. The topological polar surface area (TPSA) is 17.0 Å². The summed E-state index contributed by atoms with van der Waals surface area (Å²) in [4.78, 5) is 0. The Balaban J connectivity index is 2.21. The van der Waals surface area contributed by atoms with Gasteiger partial charge in [0.2, 0.25) is 5.52 Å². The smallest absolute Gasteiger partial charge is 0.295 e. The molecular weight excluding hydrogens is 274 g/mol. The van der Waals surface area contributed by atoms with E-state index in [0.717, 1.165) is 22.1 Å². The van der Waals surface area contributed by atoms with Crippen molar-refractivity contribution in [2.24, 2.45) is 0 Å². The van der Waals surface area contributed by atoms with E-state index in [1.54, 1.807) is 11.3 Å². The van der Waals surface area contributed by atoms with E-state index in [0.29, 0.717) is 0 Å². The lowest BCUT2D eigenvalue weighted by Gasteiger charge is -1.91. The number of benzene rings is 2. The fourth-order valence-corrected chi connectivity index (χ4v) is 4.11. The maximum atomic E-state index is 5.92. The number of thiazole rings is 1. The molecule has 4 heteroatoms. The average molecular weight is 286 g/mol. The molecule has 0 N–H and O–H groups in total. The second-order valence-electron chi connectivity index (χ2n) is 4.54. The van der Waals surface area contributed by atoms with E-state index in [4.69, 9.17) is 4.42 Å². The van der Waals surface area contributed by atoms with Gasteiger partial charge < -0.3 is 4.42 Å². The molecule has 0 unspecified atom stereocenters. The molecule has 0 atom stereocenters. The molecule has 2 aromatic heterocycles. The molecule has 0 amide bonds. The van der Waals surface area contributed by atoms with Crippen molar-refractivity contribution in [3.05, 3.63) is 36.4 Å². The van der Waals surface area contributed by atoms with Crippen molar-refractivity contribution in [3.8, 4) is 0 Å². The number of hydrogen-bond donors (Lipinski definition) is 1.